The number of rotatable bonds is 6. The quantitative estimate of drug-likeness (QED) is 0.625. The number of hydrogen-bond donors (Lipinski definition) is 2. The average molecular weight is 393 g/mol. The first-order valence-electron chi connectivity index (χ1n) is 9.83. The maximum absolute atomic E-state index is 13.1. The molecule has 3 rings (SSSR count). The molecule has 0 saturated carbocycles. The van der Waals surface area contributed by atoms with E-state index >= 15 is 0 Å². The van der Waals surface area contributed by atoms with E-state index in [1.165, 1.54) is 0 Å². The molecule has 152 valence electrons. The van der Waals surface area contributed by atoms with Crippen LogP contribution in [0, 0.1) is 20.8 Å². The van der Waals surface area contributed by atoms with Crippen molar-refractivity contribution in [2.24, 2.45) is 7.05 Å². The van der Waals surface area contributed by atoms with E-state index in [-0.39, 0.29) is 11.8 Å². The predicted octanol–water partition coefficient (Wildman–Crippen LogP) is 3.68. The largest absolute Gasteiger partial charge is 0.352 e. The van der Waals surface area contributed by atoms with Gasteiger partial charge < -0.3 is 10.6 Å². The Morgan fingerprint density at radius 3 is 2.59 bits per heavy atom. The lowest BCUT2D eigenvalue weighted by Gasteiger charge is -2.12. The number of hydrogen-bond acceptors (Lipinski definition) is 4. The minimum Gasteiger partial charge on any atom is -0.352 e. The summed E-state index contributed by atoms with van der Waals surface area (Å²) in [7, 11) is 1.81. The standard InChI is InChI=1S/C22H27N5O2/c1-6-7-10-23-21(28)16-9-8-13(2)18(12-16)25-22(29)17-11-14(3)24-20-19(17)15(4)26-27(20)5/h8-9,11-12H,6-7,10H2,1-5H3,(H,23,28)(H,25,29). The van der Waals surface area contributed by atoms with E-state index in [9.17, 15) is 9.59 Å². The lowest BCUT2D eigenvalue weighted by Crippen LogP contribution is -2.24. The summed E-state index contributed by atoms with van der Waals surface area (Å²) >= 11 is 0. The molecular weight excluding hydrogens is 366 g/mol. The number of carbonyl (C=O) groups excluding carboxylic acids is 2. The topological polar surface area (TPSA) is 88.9 Å². The molecule has 2 N–H and O–H groups in total. The minimum atomic E-state index is -0.247. The highest BCUT2D eigenvalue weighted by Gasteiger charge is 2.19. The highest BCUT2D eigenvalue weighted by atomic mass is 16.2. The SMILES string of the molecule is CCCCNC(=O)c1ccc(C)c(NC(=O)c2cc(C)nc3c2c(C)nn3C)c1. The number of fused-ring (bicyclic) bond motifs is 1. The molecule has 2 amide bonds. The summed E-state index contributed by atoms with van der Waals surface area (Å²) in [6, 6.07) is 7.10. The molecule has 7 nitrogen and oxygen atoms in total. The molecule has 2 aromatic heterocycles. The van der Waals surface area contributed by atoms with E-state index in [0.29, 0.717) is 29.0 Å². The van der Waals surface area contributed by atoms with Crippen LogP contribution < -0.4 is 10.6 Å². The van der Waals surface area contributed by atoms with E-state index in [0.717, 1.165) is 35.2 Å². The van der Waals surface area contributed by atoms with Gasteiger partial charge in [0.05, 0.1) is 16.6 Å². The molecule has 0 radical (unpaired) electrons. The molecule has 3 aromatic rings. The molecule has 0 fully saturated rings. The van der Waals surface area contributed by atoms with Gasteiger partial charge >= 0.3 is 0 Å². The van der Waals surface area contributed by atoms with Crippen LogP contribution in [0.3, 0.4) is 0 Å². The van der Waals surface area contributed by atoms with Crippen LogP contribution in [0.25, 0.3) is 11.0 Å². The Labute approximate surface area is 170 Å². The Morgan fingerprint density at radius 2 is 1.86 bits per heavy atom. The molecule has 0 atom stereocenters. The highest BCUT2D eigenvalue weighted by Crippen LogP contribution is 2.24. The van der Waals surface area contributed by atoms with E-state index in [2.05, 4.69) is 27.6 Å². The second-order valence-electron chi connectivity index (χ2n) is 7.31. The van der Waals surface area contributed by atoms with Gasteiger partial charge in [0.2, 0.25) is 0 Å². The molecule has 2 heterocycles. The van der Waals surface area contributed by atoms with Gasteiger partial charge in [-0.15, -0.1) is 0 Å². The molecule has 7 heteroatoms. The van der Waals surface area contributed by atoms with Crippen LogP contribution in [0.1, 0.15) is 57.4 Å². The number of nitrogens with zero attached hydrogens (tertiary/aromatic N) is 3. The van der Waals surface area contributed by atoms with Crippen LogP contribution in [0.4, 0.5) is 5.69 Å². The van der Waals surface area contributed by atoms with Gasteiger partial charge in [-0.3, -0.25) is 14.3 Å². The number of pyridine rings is 1. The highest BCUT2D eigenvalue weighted by molar-refractivity contribution is 6.13. The summed E-state index contributed by atoms with van der Waals surface area (Å²) in [5.41, 5.74) is 4.71. The van der Waals surface area contributed by atoms with Gasteiger partial charge in [0.25, 0.3) is 11.8 Å². The molecule has 0 aliphatic heterocycles. The second kappa shape index (κ2) is 8.43. The number of anilines is 1. The van der Waals surface area contributed by atoms with Crippen LogP contribution in [-0.2, 0) is 7.05 Å². The molecule has 0 bridgehead atoms. The predicted molar refractivity (Wildman–Crippen MR) is 114 cm³/mol. The monoisotopic (exact) mass is 393 g/mol. The first-order chi connectivity index (χ1) is 13.8. The third-order valence-corrected chi connectivity index (χ3v) is 4.91. The van der Waals surface area contributed by atoms with Crippen molar-refractivity contribution in [3.05, 3.63) is 52.3 Å². The van der Waals surface area contributed by atoms with Crippen LogP contribution in [0.2, 0.25) is 0 Å². The van der Waals surface area contributed by atoms with Crippen molar-refractivity contribution in [2.45, 2.75) is 40.5 Å². The van der Waals surface area contributed by atoms with Gasteiger partial charge in [-0.1, -0.05) is 19.4 Å². The number of unbranched alkanes of at least 4 members (excludes halogenated alkanes) is 1. The molecule has 0 spiro atoms. The van der Waals surface area contributed by atoms with Crippen molar-refractivity contribution in [3.8, 4) is 0 Å². The van der Waals surface area contributed by atoms with E-state index in [1.54, 1.807) is 22.9 Å². The van der Waals surface area contributed by atoms with Crippen molar-refractivity contribution in [2.75, 3.05) is 11.9 Å². The van der Waals surface area contributed by atoms with Crippen molar-refractivity contribution < 1.29 is 9.59 Å². The van der Waals surface area contributed by atoms with Gasteiger partial charge in [-0.25, -0.2) is 4.98 Å². The number of aromatic nitrogens is 3. The normalized spacial score (nSPS) is 10.9. The zero-order chi connectivity index (χ0) is 21.1. The van der Waals surface area contributed by atoms with Gasteiger partial charge in [-0.05, 0) is 51.0 Å². The lowest BCUT2D eigenvalue weighted by molar-refractivity contribution is 0.0951. The van der Waals surface area contributed by atoms with Crippen molar-refractivity contribution in [1.29, 1.82) is 0 Å². The van der Waals surface area contributed by atoms with Crippen LogP contribution in [0.15, 0.2) is 24.3 Å². The minimum absolute atomic E-state index is 0.140. The molecule has 0 saturated heterocycles. The zero-order valence-electron chi connectivity index (χ0n) is 17.6. The summed E-state index contributed by atoms with van der Waals surface area (Å²) < 4.78 is 1.68. The third-order valence-electron chi connectivity index (χ3n) is 4.91. The number of benzene rings is 1. The number of carbonyl (C=O) groups is 2. The third kappa shape index (κ3) is 4.29. The molecule has 0 aliphatic rings. The lowest BCUT2D eigenvalue weighted by atomic mass is 10.1. The van der Waals surface area contributed by atoms with Gasteiger partial charge in [-0.2, -0.15) is 5.10 Å². The fourth-order valence-corrected chi connectivity index (χ4v) is 3.32. The molecule has 0 unspecified atom stereocenters. The summed E-state index contributed by atoms with van der Waals surface area (Å²) in [6.45, 7) is 8.33. The molecule has 29 heavy (non-hydrogen) atoms. The Balaban J connectivity index is 1.91. The Bertz CT molecular complexity index is 1080. The molecule has 0 aliphatic carbocycles. The first-order valence-corrected chi connectivity index (χ1v) is 9.83. The molecule has 1 aromatic carbocycles. The van der Waals surface area contributed by atoms with Crippen LogP contribution >= 0.6 is 0 Å². The van der Waals surface area contributed by atoms with E-state index in [1.807, 2.05) is 33.9 Å². The Morgan fingerprint density at radius 1 is 1.10 bits per heavy atom. The fourth-order valence-electron chi connectivity index (χ4n) is 3.32. The average Bonchev–Trinajstić information content (AvgIpc) is 2.96. The summed E-state index contributed by atoms with van der Waals surface area (Å²) in [4.78, 5) is 30.0. The first kappa shape index (κ1) is 20.5. The zero-order valence-corrected chi connectivity index (χ0v) is 17.6. The second-order valence-corrected chi connectivity index (χ2v) is 7.31. The number of amides is 2. The van der Waals surface area contributed by atoms with Crippen molar-refractivity contribution in [3.63, 3.8) is 0 Å². The van der Waals surface area contributed by atoms with Gasteiger partial charge in [0.1, 0.15) is 0 Å². The smallest absolute Gasteiger partial charge is 0.256 e. The van der Waals surface area contributed by atoms with E-state index < -0.39 is 0 Å². The number of aryl methyl sites for hydroxylation is 4. The van der Waals surface area contributed by atoms with Crippen molar-refractivity contribution in [1.82, 2.24) is 20.1 Å². The van der Waals surface area contributed by atoms with Crippen LogP contribution in [-0.4, -0.2) is 33.1 Å². The van der Waals surface area contributed by atoms with Crippen molar-refractivity contribution >= 4 is 28.5 Å². The Hall–Kier alpha value is -3.22. The Kier molecular flexibility index (Phi) is 5.96. The summed E-state index contributed by atoms with van der Waals surface area (Å²) in [5, 5.41) is 11.0. The summed E-state index contributed by atoms with van der Waals surface area (Å²) in [6.07, 6.45) is 1.95. The molecular formula is C22H27N5O2. The van der Waals surface area contributed by atoms with Crippen LogP contribution in [0.5, 0.6) is 0 Å². The maximum atomic E-state index is 13.1. The van der Waals surface area contributed by atoms with Gasteiger partial charge in [0, 0.05) is 30.5 Å². The number of nitrogens with one attached hydrogen (secondary N) is 2. The fraction of sp³-hybridized carbons (Fsp3) is 0.364. The van der Waals surface area contributed by atoms with Gasteiger partial charge in [0.15, 0.2) is 5.65 Å². The summed E-state index contributed by atoms with van der Waals surface area (Å²) in [5.74, 6) is -0.387. The van der Waals surface area contributed by atoms with E-state index in [4.69, 9.17) is 0 Å². The maximum Gasteiger partial charge on any atom is 0.256 e.